The number of rotatable bonds is 4. The molecule has 2 aromatic heterocycles. The minimum atomic E-state index is -0.162. The smallest absolute Gasteiger partial charge is 0.229 e. The number of carbonyl (C=O) groups excluding carboxylic acids is 1. The highest BCUT2D eigenvalue weighted by Crippen LogP contribution is 2.26. The van der Waals surface area contributed by atoms with Gasteiger partial charge in [0.1, 0.15) is 17.3 Å². The number of anilines is 1. The van der Waals surface area contributed by atoms with Crippen LogP contribution in [-0.4, -0.2) is 40.1 Å². The minimum absolute atomic E-state index is 0.162. The second-order valence-electron chi connectivity index (χ2n) is 6.89. The van der Waals surface area contributed by atoms with E-state index in [2.05, 4.69) is 15.5 Å². The van der Waals surface area contributed by atoms with Crippen molar-refractivity contribution in [1.82, 2.24) is 15.1 Å². The minimum Gasteiger partial charge on any atom is -0.466 e. The first kappa shape index (κ1) is 17.5. The molecule has 3 rings (SSSR count). The second kappa shape index (κ2) is 7.25. The summed E-state index contributed by atoms with van der Waals surface area (Å²) in [6.45, 7) is 9.24. The van der Waals surface area contributed by atoms with Crippen molar-refractivity contribution in [3.05, 3.63) is 41.0 Å². The van der Waals surface area contributed by atoms with Crippen molar-refractivity contribution < 1.29 is 9.21 Å². The molecule has 0 unspecified atom stereocenters. The average Bonchev–Trinajstić information content (AvgIpc) is 2.94. The Morgan fingerprint density at radius 3 is 2.52 bits per heavy atom. The van der Waals surface area contributed by atoms with Crippen molar-refractivity contribution in [3.8, 4) is 0 Å². The lowest BCUT2D eigenvalue weighted by atomic mass is 9.97. The summed E-state index contributed by atoms with van der Waals surface area (Å²) in [5.74, 6) is 2.51. The topological polar surface area (TPSA) is 71.3 Å². The van der Waals surface area contributed by atoms with E-state index in [4.69, 9.17) is 4.42 Å². The maximum Gasteiger partial charge on any atom is 0.229 e. The number of piperidine rings is 1. The van der Waals surface area contributed by atoms with E-state index in [1.54, 1.807) is 0 Å². The summed E-state index contributed by atoms with van der Waals surface area (Å²) in [6.07, 6.45) is 1.83. The van der Waals surface area contributed by atoms with Gasteiger partial charge in [-0.3, -0.25) is 4.79 Å². The standard InChI is InChI=1S/C19H26N4O2/c1-12-5-6-18(22-21-12)20-16-7-9-23(10-8-16)19(24)14(3)17-11-13(2)25-15(17)4/h5-6,11,14,16H,7-10H2,1-4H3,(H,20,22)/t14-/m1/s1. The number of hydrogen-bond donors (Lipinski definition) is 1. The normalized spacial score (nSPS) is 16.7. The lowest BCUT2D eigenvalue weighted by molar-refractivity contribution is -0.133. The van der Waals surface area contributed by atoms with Crippen LogP contribution in [0.2, 0.25) is 0 Å². The Morgan fingerprint density at radius 2 is 1.96 bits per heavy atom. The van der Waals surface area contributed by atoms with Gasteiger partial charge in [-0.1, -0.05) is 0 Å². The van der Waals surface area contributed by atoms with Crippen molar-refractivity contribution in [3.63, 3.8) is 0 Å². The van der Waals surface area contributed by atoms with Crippen molar-refractivity contribution in [2.24, 2.45) is 0 Å². The zero-order valence-electron chi connectivity index (χ0n) is 15.4. The first-order valence-electron chi connectivity index (χ1n) is 8.86. The Balaban J connectivity index is 1.55. The molecule has 1 atom stereocenters. The molecule has 1 aliphatic rings. The van der Waals surface area contributed by atoms with Gasteiger partial charge in [-0.2, -0.15) is 5.10 Å². The Kier molecular flexibility index (Phi) is 5.06. The fourth-order valence-corrected chi connectivity index (χ4v) is 3.42. The second-order valence-corrected chi connectivity index (χ2v) is 6.89. The lowest BCUT2D eigenvalue weighted by Crippen LogP contribution is -2.44. The van der Waals surface area contributed by atoms with Crippen molar-refractivity contribution in [1.29, 1.82) is 0 Å². The number of carbonyl (C=O) groups is 1. The van der Waals surface area contributed by atoms with Crippen LogP contribution in [0.15, 0.2) is 22.6 Å². The highest BCUT2D eigenvalue weighted by Gasteiger charge is 2.28. The molecule has 1 saturated heterocycles. The van der Waals surface area contributed by atoms with Crippen LogP contribution in [0.5, 0.6) is 0 Å². The van der Waals surface area contributed by atoms with Crippen molar-refractivity contribution in [2.75, 3.05) is 18.4 Å². The molecule has 1 fully saturated rings. The van der Waals surface area contributed by atoms with Gasteiger partial charge in [0, 0.05) is 24.7 Å². The lowest BCUT2D eigenvalue weighted by Gasteiger charge is -2.34. The molecule has 0 saturated carbocycles. The third-order valence-corrected chi connectivity index (χ3v) is 4.87. The molecule has 0 aromatic carbocycles. The van der Waals surface area contributed by atoms with Crippen LogP contribution in [0.1, 0.15) is 48.5 Å². The summed E-state index contributed by atoms with van der Waals surface area (Å²) >= 11 is 0. The summed E-state index contributed by atoms with van der Waals surface area (Å²) in [5, 5.41) is 11.6. The van der Waals surface area contributed by atoms with Gasteiger partial charge in [-0.15, -0.1) is 5.10 Å². The summed E-state index contributed by atoms with van der Waals surface area (Å²) in [6, 6.07) is 6.20. The molecule has 1 amide bonds. The van der Waals surface area contributed by atoms with E-state index in [-0.39, 0.29) is 11.8 Å². The maximum absolute atomic E-state index is 12.8. The molecule has 2 aromatic rings. The van der Waals surface area contributed by atoms with E-state index in [0.717, 1.165) is 54.5 Å². The first-order valence-corrected chi connectivity index (χ1v) is 8.86. The molecule has 134 valence electrons. The van der Waals surface area contributed by atoms with Crippen molar-refractivity contribution >= 4 is 11.7 Å². The highest BCUT2D eigenvalue weighted by molar-refractivity contribution is 5.83. The van der Waals surface area contributed by atoms with Crippen LogP contribution in [0.25, 0.3) is 0 Å². The Morgan fingerprint density at radius 1 is 1.24 bits per heavy atom. The van der Waals surface area contributed by atoms with Crippen molar-refractivity contribution in [2.45, 2.75) is 52.5 Å². The van der Waals surface area contributed by atoms with Gasteiger partial charge in [-0.25, -0.2) is 0 Å². The highest BCUT2D eigenvalue weighted by atomic mass is 16.3. The van der Waals surface area contributed by atoms with E-state index in [9.17, 15) is 4.79 Å². The van der Waals surface area contributed by atoms with Gasteiger partial charge < -0.3 is 14.6 Å². The molecular formula is C19H26N4O2. The summed E-state index contributed by atoms with van der Waals surface area (Å²) in [7, 11) is 0. The molecule has 1 N–H and O–H groups in total. The Hall–Kier alpha value is -2.37. The summed E-state index contributed by atoms with van der Waals surface area (Å²) in [5.41, 5.74) is 1.91. The number of likely N-dealkylation sites (tertiary alicyclic amines) is 1. The van der Waals surface area contributed by atoms with Crippen LogP contribution in [-0.2, 0) is 4.79 Å². The summed E-state index contributed by atoms with van der Waals surface area (Å²) in [4.78, 5) is 14.8. The average molecular weight is 342 g/mol. The third kappa shape index (κ3) is 4.00. The van der Waals surface area contributed by atoms with Gasteiger partial charge in [-0.05, 0) is 58.7 Å². The molecular weight excluding hydrogens is 316 g/mol. The molecule has 25 heavy (non-hydrogen) atoms. The Bertz CT molecular complexity index is 730. The van der Waals surface area contributed by atoms with Gasteiger partial charge in [0.05, 0.1) is 11.6 Å². The molecule has 0 bridgehead atoms. The first-order chi connectivity index (χ1) is 11.9. The van der Waals surface area contributed by atoms with Crippen LogP contribution >= 0.6 is 0 Å². The van der Waals surface area contributed by atoms with Gasteiger partial charge in [0.25, 0.3) is 0 Å². The molecule has 6 nitrogen and oxygen atoms in total. The van der Waals surface area contributed by atoms with Crippen LogP contribution in [0.3, 0.4) is 0 Å². The van der Waals surface area contributed by atoms with E-state index < -0.39 is 0 Å². The number of furan rings is 1. The predicted molar refractivity (Wildman–Crippen MR) is 96.6 cm³/mol. The maximum atomic E-state index is 12.8. The molecule has 1 aliphatic heterocycles. The molecule has 0 radical (unpaired) electrons. The SMILES string of the molecule is Cc1ccc(NC2CCN(C(=O)[C@H](C)c3cc(C)oc3C)CC2)nn1. The van der Waals surface area contributed by atoms with Gasteiger partial charge >= 0.3 is 0 Å². The number of nitrogens with zero attached hydrogens (tertiary/aromatic N) is 3. The summed E-state index contributed by atoms with van der Waals surface area (Å²) < 4.78 is 5.57. The van der Waals surface area contributed by atoms with E-state index in [0.29, 0.717) is 6.04 Å². The monoisotopic (exact) mass is 342 g/mol. The molecule has 0 aliphatic carbocycles. The number of aryl methyl sites for hydroxylation is 3. The fourth-order valence-electron chi connectivity index (χ4n) is 3.42. The Labute approximate surface area is 148 Å². The van der Waals surface area contributed by atoms with E-state index in [1.165, 1.54) is 0 Å². The zero-order chi connectivity index (χ0) is 18.0. The molecule has 6 heteroatoms. The number of nitrogens with one attached hydrogen (secondary N) is 1. The number of amides is 1. The number of aromatic nitrogens is 2. The molecule has 3 heterocycles. The van der Waals surface area contributed by atoms with Crippen LogP contribution in [0, 0.1) is 20.8 Å². The van der Waals surface area contributed by atoms with Gasteiger partial charge in [0.15, 0.2) is 0 Å². The van der Waals surface area contributed by atoms with Crippen LogP contribution < -0.4 is 5.32 Å². The van der Waals surface area contributed by atoms with Gasteiger partial charge in [0.2, 0.25) is 5.91 Å². The molecule has 0 spiro atoms. The quantitative estimate of drug-likeness (QED) is 0.924. The fraction of sp³-hybridized carbons (Fsp3) is 0.526. The zero-order valence-corrected chi connectivity index (χ0v) is 15.4. The van der Waals surface area contributed by atoms with E-state index in [1.807, 2.05) is 50.8 Å². The third-order valence-electron chi connectivity index (χ3n) is 4.87. The van der Waals surface area contributed by atoms with Crippen LogP contribution in [0.4, 0.5) is 5.82 Å². The number of hydrogen-bond acceptors (Lipinski definition) is 5. The van der Waals surface area contributed by atoms with E-state index >= 15 is 0 Å². The predicted octanol–water partition coefficient (Wildman–Crippen LogP) is 3.20. The largest absolute Gasteiger partial charge is 0.466 e.